The van der Waals surface area contributed by atoms with Gasteiger partial charge in [0.2, 0.25) is 0 Å². The number of carbonyl (C=O) groups excluding carboxylic acids is 1. The molecular formula is C4H8N2O2. The molecule has 0 spiro atoms. The van der Waals surface area contributed by atoms with Gasteiger partial charge in [-0.05, 0) is 0 Å². The molecule has 8 heavy (non-hydrogen) atoms. The fourth-order valence-corrected chi connectivity index (χ4v) is 0.228. The lowest BCUT2D eigenvalue weighted by Gasteiger charge is -1.93. The molecule has 0 heterocycles. The maximum absolute atomic E-state index is 10.2. The number of nitrogens with one attached hydrogen (secondary N) is 1. The van der Waals surface area contributed by atoms with Crippen molar-refractivity contribution in [3.05, 3.63) is 0 Å². The molecule has 0 aliphatic rings. The summed E-state index contributed by atoms with van der Waals surface area (Å²) in [7, 11) is 1.26. The first kappa shape index (κ1) is 6.94. The molecule has 4 nitrogen and oxygen atoms in total. The minimum atomic E-state index is -0.475. The summed E-state index contributed by atoms with van der Waals surface area (Å²) in [5.41, 5.74) is 4.85. The zero-order chi connectivity index (χ0) is 6.57. The van der Waals surface area contributed by atoms with Gasteiger partial charge in [-0.15, -0.1) is 0 Å². The second-order valence-electron chi connectivity index (χ2n) is 1.28. The van der Waals surface area contributed by atoms with E-state index in [1.165, 1.54) is 7.11 Å². The number of amidine groups is 1. The fraction of sp³-hybridized carbons (Fsp3) is 0.500. The van der Waals surface area contributed by atoms with E-state index in [9.17, 15) is 4.79 Å². The Hall–Kier alpha value is -1.06. The summed E-state index contributed by atoms with van der Waals surface area (Å²) < 4.78 is 4.20. The highest BCUT2D eigenvalue weighted by molar-refractivity contribution is 5.94. The quantitative estimate of drug-likeness (QED) is 0.289. The van der Waals surface area contributed by atoms with Crippen LogP contribution in [-0.2, 0) is 9.53 Å². The Bertz CT molecular complexity index is 111. The highest BCUT2D eigenvalue weighted by Crippen LogP contribution is 1.79. The number of esters is 1. The molecule has 0 radical (unpaired) electrons. The second kappa shape index (κ2) is 3.01. The van der Waals surface area contributed by atoms with Crippen LogP contribution in [0.2, 0.25) is 0 Å². The zero-order valence-corrected chi connectivity index (χ0v) is 4.60. The van der Waals surface area contributed by atoms with Gasteiger partial charge in [0.25, 0.3) is 0 Å². The summed E-state index contributed by atoms with van der Waals surface area (Å²) in [5, 5.41) is 6.60. The van der Waals surface area contributed by atoms with Gasteiger partial charge in [0.1, 0.15) is 12.3 Å². The average Bonchev–Trinajstić information content (AvgIpc) is 1.65. The summed E-state index contributed by atoms with van der Waals surface area (Å²) in [6.07, 6.45) is -0.115. The molecule has 3 N–H and O–H groups in total. The molecule has 0 aromatic carbocycles. The topological polar surface area (TPSA) is 76.2 Å². The predicted molar refractivity (Wildman–Crippen MR) is 28.5 cm³/mol. The summed E-state index contributed by atoms with van der Waals surface area (Å²) in [4.78, 5) is 10.2. The Morgan fingerprint density at radius 3 is 2.50 bits per heavy atom. The molecule has 0 fully saturated rings. The van der Waals surface area contributed by atoms with E-state index in [4.69, 9.17) is 11.1 Å². The van der Waals surface area contributed by atoms with Crippen molar-refractivity contribution in [3.63, 3.8) is 0 Å². The molecule has 0 unspecified atom stereocenters. The first-order valence-electron chi connectivity index (χ1n) is 2.06. The number of rotatable bonds is 2. The number of methoxy groups -OCH3 is 1. The summed E-state index contributed by atoms with van der Waals surface area (Å²) in [5.74, 6) is -0.644. The van der Waals surface area contributed by atoms with Crippen LogP contribution in [0, 0.1) is 5.41 Å². The Morgan fingerprint density at radius 1 is 1.88 bits per heavy atom. The minimum Gasteiger partial charge on any atom is -0.469 e. The van der Waals surface area contributed by atoms with Crippen molar-refractivity contribution in [2.24, 2.45) is 5.73 Å². The van der Waals surface area contributed by atoms with Gasteiger partial charge >= 0.3 is 5.97 Å². The smallest absolute Gasteiger partial charge is 0.313 e. The Morgan fingerprint density at radius 2 is 2.38 bits per heavy atom. The first-order valence-corrected chi connectivity index (χ1v) is 2.06. The number of nitrogens with two attached hydrogens (primary N) is 1. The molecule has 4 heteroatoms. The number of hydrogen-bond donors (Lipinski definition) is 2. The van der Waals surface area contributed by atoms with Crippen molar-refractivity contribution in [2.45, 2.75) is 6.42 Å². The molecule has 0 aliphatic heterocycles. The zero-order valence-electron chi connectivity index (χ0n) is 4.60. The molecule has 0 atom stereocenters. The minimum absolute atomic E-state index is 0.115. The van der Waals surface area contributed by atoms with Crippen LogP contribution >= 0.6 is 0 Å². The Balaban J connectivity index is 3.40. The number of ether oxygens (including phenoxy) is 1. The Labute approximate surface area is 47.1 Å². The lowest BCUT2D eigenvalue weighted by molar-refractivity contribution is -0.139. The molecule has 0 aromatic heterocycles. The lowest BCUT2D eigenvalue weighted by Crippen LogP contribution is -2.15. The third-order valence-corrected chi connectivity index (χ3v) is 0.562. The second-order valence-corrected chi connectivity index (χ2v) is 1.28. The SMILES string of the molecule is COC(=O)CC(=N)N. The monoisotopic (exact) mass is 116 g/mol. The van der Waals surface area contributed by atoms with Gasteiger partial charge in [0.05, 0.1) is 7.11 Å². The highest BCUT2D eigenvalue weighted by atomic mass is 16.5. The van der Waals surface area contributed by atoms with E-state index >= 15 is 0 Å². The first-order chi connectivity index (χ1) is 3.66. The molecule has 0 aliphatic carbocycles. The van der Waals surface area contributed by atoms with Gasteiger partial charge in [0.15, 0.2) is 0 Å². The van der Waals surface area contributed by atoms with Crippen LogP contribution < -0.4 is 5.73 Å². The van der Waals surface area contributed by atoms with Gasteiger partial charge in [-0.3, -0.25) is 10.2 Å². The van der Waals surface area contributed by atoms with Crippen molar-refractivity contribution in [2.75, 3.05) is 7.11 Å². The van der Waals surface area contributed by atoms with Crippen LogP contribution in [0.4, 0.5) is 0 Å². The molecular weight excluding hydrogens is 108 g/mol. The fourth-order valence-electron chi connectivity index (χ4n) is 0.228. The maximum Gasteiger partial charge on any atom is 0.313 e. The van der Waals surface area contributed by atoms with E-state index in [2.05, 4.69) is 4.74 Å². The van der Waals surface area contributed by atoms with Crippen LogP contribution in [-0.4, -0.2) is 18.9 Å². The van der Waals surface area contributed by atoms with Crippen LogP contribution in [0.3, 0.4) is 0 Å². The van der Waals surface area contributed by atoms with Gasteiger partial charge in [0, 0.05) is 0 Å². The van der Waals surface area contributed by atoms with E-state index in [0.717, 1.165) is 0 Å². The molecule has 46 valence electrons. The molecule has 0 saturated carbocycles. The van der Waals surface area contributed by atoms with Gasteiger partial charge < -0.3 is 10.5 Å². The van der Waals surface area contributed by atoms with Crippen molar-refractivity contribution in [1.82, 2.24) is 0 Å². The number of hydrogen-bond acceptors (Lipinski definition) is 3. The standard InChI is InChI=1S/C4H8N2O2/c1-8-4(7)2-3(5)6/h2H2,1H3,(H3,5,6). The summed E-state index contributed by atoms with van der Waals surface area (Å²) in [6.45, 7) is 0. The van der Waals surface area contributed by atoms with Crippen LogP contribution in [0.5, 0.6) is 0 Å². The van der Waals surface area contributed by atoms with Gasteiger partial charge in [-0.2, -0.15) is 0 Å². The van der Waals surface area contributed by atoms with E-state index in [1.54, 1.807) is 0 Å². The third kappa shape index (κ3) is 3.14. The van der Waals surface area contributed by atoms with Crippen LogP contribution in [0.1, 0.15) is 6.42 Å². The lowest BCUT2D eigenvalue weighted by atomic mass is 10.4. The largest absolute Gasteiger partial charge is 0.469 e. The molecule has 0 bridgehead atoms. The van der Waals surface area contributed by atoms with E-state index < -0.39 is 5.97 Å². The van der Waals surface area contributed by atoms with Gasteiger partial charge in [-0.25, -0.2) is 0 Å². The molecule has 0 rings (SSSR count). The van der Waals surface area contributed by atoms with E-state index in [-0.39, 0.29) is 12.3 Å². The summed E-state index contributed by atoms with van der Waals surface area (Å²) >= 11 is 0. The highest BCUT2D eigenvalue weighted by Gasteiger charge is 1.99. The Kier molecular flexibility index (Phi) is 2.61. The van der Waals surface area contributed by atoms with Crippen molar-refractivity contribution in [3.8, 4) is 0 Å². The van der Waals surface area contributed by atoms with Gasteiger partial charge in [-0.1, -0.05) is 0 Å². The normalized spacial score (nSPS) is 8.12. The van der Waals surface area contributed by atoms with Crippen LogP contribution in [0.15, 0.2) is 0 Å². The van der Waals surface area contributed by atoms with Crippen molar-refractivity contribution in [1.29, 1.82) is 5.41 Å². The predicted octanol–water partition coefficient (Wildman–Crippen LogP) is -0.515. The average molecular weight is 116 g/mol. The maximum atomic E-state index is 10.2. The third-order valence-electron chi connectivity index (χ3n) is 0.562. The van der Waals surface area contributed by atoms with E-state index in [1.807, 2.05) is 0 Å². The van der Waals surface area contributed by atoms with E-state index in [0.29, 0.717) is 0 Å². The molecule has 0 amide bonds. The van der Waals surface area contributed by atoms with Crippen molar-refractivity contribution >= 4 is 11.8 Å². The number of carbonyl (C=O) groups is 1. The summed E-state index contributed by atoms with van der Waals surface area (Å²) in [6, 6.07) is 0. The molecule has 0 saturated heterocycles. The van der Waals surface area contributed by atoms with Crippen LogP contribution in [0.25, 0.3) is 0 Å². The molecule has 0 aromatic rings. The van der Waals surface area contributed by atoms with Crippen molar-refractivity contribution < 1.29 is 9.53 Å².